The first-order valence-corrected chi connectivity index (χ1v) is 8.14. The van der Waals surface area contributed by atoms with Gasteiger partial charge < -0.3 is 60.7 Å². The van der Waals surface area contributed by atoms with Crippen LogP contribution in [-0.4, -0.2) is 125 Å². The molecule has 10 N–H and O–H groups in total. The number of carbonyl (C=O) groups excluding carboxylic acids is 1. The molecule has 0 aromatic carbocycles. The van der Waals surface area contributed by atoms with Crippen molar-refractivity contribution in [2.75, 3.05) is 13.2 Å². The highest BCUT2D eigenvalue weighted by atomic mass is 16.7. The molecule has 13 heteroatoms. The Labute approximate surface area is 153 Å². The van der Waals surface area contributed by atoms with Crippen LogP contribution in [-0.2, 0) is 14.3 Å². The third-order valence-corrected chi connectivity index (χ3v) is 4.84. The van der Waals surface area contributed by atoms with E-state index in [4.69, 9.17) is 9.47 Å². The van der Waals surface area contributed by atoms with Gasteiger partial charge in [-0.25, -0.2) is 0 Å². The second-order valence-electron chi connectivity index (χ2n) is 6.66. The Hall–Kier alpha value is -0.970. The van der Waals surface area contributed by atoms with E-state index in [2.05, 4.69) is 0 Å². The molecule has 0 radical (unpaired) electrons. The van der Waals surface area contributed by atoms with Crippen molar-refractivity contribution in [2.45, 2.75) is 67.3 Å². The Morgan fingerprint density at radius 2 is 1.30 bits per heavy atom. The number of rotatable bonds is 4. The van der Waals surface area contributed by atoms with E-state index in [1.54, 1.807) is 0 Å². The number of aliphatic hydroxyl groups excluding tert-OH is 7. The van der Waals surface area contributed by atoms with Crippen LogP contribution in [0.1, 0.15) is 6.92 Å². The maximum Gasteiger partial charge on any atom is 0.253 e. The van der Waals surface area contributed by atoms with Gasteiger partial charge in [0.2, 0.25) is 11.7 Å². The molecule has 0 spiro atoms. The summed E-state index contributed by atoms with van der Waals surface area (Å²) in [7, 11) is 0. The number of nitrogens with one attached hydrogen (secondary N) is 1. The molecule has 2 heterocycles. The average Bonchev–Trinajstić information content (AvgIpc) is 2.62. The normalized spacial score (nSPS) is 51.0. The van der Waals surface area contributed by atoms with Crippen LogP contribution >= 0.6 is 0 Å². The molecule has 6 unspecified atom stereocenters. The molecule has 0 bridgehead atoms. The quantitative estimate of drug-likeness (QED) is 0.213. The van der Waals surface area contributed by atoms with Gasteiger partial charge in [0.05, 0.1) is 13.2 Å². The van der Waals surface area contributed by atoms with E-state index in [1.807, 2.05) is 5.32 Å². The minimum atomic E-state index is -3.30. The highest BCUT2D eigenvalue weighted by Crippen LogP contribution is 2.43. The third-order valence-electron chi connectivity index (χ3n) is 4.84. The SMILES string of the molecule is CC(=O)N[C@@H]1[C@@H](O)[C@H](O)[C@@H](CO)OC1(O)C1(O)OC(CO)C(O)C(O)C1O. The molecule has 0 aromatic rings. The number of hydrogen-bond acceptors (Lipinski definition) is 12. The lowest BCUT2D eigenvalue weighted by atomic mass is 9.79. The number of amides is 1. The summed E-state index contributed by atoms with van der Waals surface area (Å²) in [5, 5.41) is 92.7. The summed E-state index contributed by atoms with van der Waals surface area (Å²) in [6.07, 6.45) is -13.7. The van der Waals surface area contributed by atoms with Crippen LogP contribution in [0.4, 0.5) is 0 Å². The number of ether oxygens (including phenoxy) is 2. The zero-order valence-corrected chi connectivity index (χ0v) is 14.3. The van der Waals surface area contributed by atoms with Crippen molar-refractivity contribution in [1.29, 1.82) is 0 Å². The maximum absolute atomic E-state index is 11.5. The molecule has 27 heavy (non-hydrogen) atoms. The fraction of sp³-hybridized carbons (Fsp3) is 0.929. The molecule has 2 fully saturated rings. The summed E-state index contributed by atoms with van der Waals surface area (Å²) in [5.74, 6) is -7.37. The van der Waals surface area contributed by atoms with Gasteiger partial charge in [0, 0.05) is 6.92 Å². The van der Waals surface area contributed by atoms with Crippen molar-refractivity contribution in [3.63, 3.8) is 0 Å². The minimum Gasteiger partial charge on any atom is -0.394 e. The van der Waals surface area contributed by atoms with Crippen LogP contribution in [0.25, 0.3) is 0 Å². The summed E-state index contributed by atoms with van der Waals surface area (Å²) in [5.41, 5.74) is 0. The van der Waals surface area contributed by atoms with Crippen LogP contribution in [0.2, 0.25) is 0 Å². The molecule has 0 aromatic heterocycles. The van der Waals surface area contributed by atoms with Crippen LogP contribution in [0.3, 0.4) is 0 Å². The Morgan fingerprint density at radius 3 is 1.74 bits per heavy atom. The van der Waals surface area contributed by atoms with Gasteiger partial charge in [-0.1, -0.05) is 0 Å². The molecule has 13 nitrogen and oxygen atoms in total. The van der Waals surface area contributed by atoms with Gasteiger partial charge in [-0.15, -0.1) is 0 Å². The molecular weight excluding hydrogens is 374 g/mol. The highest BCUT2D eigenvalue weighted by molar-refractivity contribution is 5.73. The number of hydrogen-bond donors (Lipinski definition) is 10. The lowest BCUT2D eigenvalue weighted by Crippen LogP contribution is -2.83. The average molecular weight is 399 g/mol. The molecule has 1 amide bonds. The summed E-state index contributed by atoms with van der Waals surface area (Å²) in [6, 6.07) is -2.01. The predicted molar refractivity (Wildman–Crippen MR) is 81.5 cm³/mol. The van der Waals surface area contributed by atoms with Crippen molar-refractivity contribution < 1.29 is 60.2 Å². The van der Waals surface area contributed by atoms with Crippen LogP contribution in [0.5, 0.6) is 0 Å². The zero-order chi connectivity index (χ0) is 20.7. The van der Waals surface area contributed by atoms with Crippen molar-refractivity contribution in [2.24, 2.45) is 0 Å². The molecule has 2 rings (SSSR count). The van der Waals surface area contributed by atoms with Gasteiger partial charge in [-0.2, -0.15) is 0 Å². The van der Waals surface area contributed by atoms with Crippen LogP contribution < -0.4 is 5.32 Å². The lowest BCUT2D eigenvalue weighted by molar-refractivity contribution is -0.477. The molecule has 2 aliphatic rings. The Bertz CT molecular complexity index is 548. The van der Waals surface area contributed by atoms with E-state index in [0.717, 1.165) is 6.92 Å². The number of carbonyl (C=O) groups is 1. The largest absolute Gasteiger partial charge is 0.394 e. The van der Waals surface area contributed by atoms with E-state index in [1.165, 1.54) is 0 Å². The standard InChI is InChI=1S/C14H25NO12/c1-4(18)15-11-9(21)7(19)5(2-16)26-13(11,24)14(25)12(23)10(22)8(20)6(3-17)27-14/h5-12,16-17,19-25H,2-3H2,1H3,(H,15,18)/t5-,6?,7-,8?,9+,10?,11-,12?,13?,14?/m1/s1. The van der Waals surface area contributed by atoms with Gasteiger partial charge >= 0.3 is 0 Å². The summed E-state index contributed by atoms with van der Waals surface area (Å²) < 4.78 is 10.1. The lowest BCUT2D eigenvalue weighted by Gasteiger charge is -2.57. The second-order valence-corrected chi connectivity index (χ2v) is 6.66. The molecule has 2 saturated heterocycles. The third kappa shape index (κ3) is 3.45. The van der Waals surface area contributed by atoms with E-state index >= 15 is 0 Å². The minimum absolute atomic E-state index is 0.844. The van der Waals surface area contributed by atoms with E-state index < -0.39 is 79.5 Å². The monoisotopic (exact) mass is 399 g/mol. The molecule has 158 valence electrons. The van der Waals surface area contributed by atoms with Gasteiger partial charge in [0.25, 0.3) is 5.79 Å². The van der Waals surface area contributed by atoms with Crippen molar-refractivity contribution in [3.8, 4) is 0 Å². The van der Waals surface area contributed by atoms with Crippen molar-refractivity contribution >= 4 is 5.91 Å². The summed E-state index contributed by atoms with van der Waals surface area (Å²) in [6.45, 7) is -0.925. The first kappa shape index (κ1) is 22.3. The summed E-state index contributed by atoms with van der Waals surface area (Å²) in [4.78, 5) is 11.5. The van der Waals surface area contributed by atoms with E-state index in [9.17, 15) is 50.8 Å². The first-order chi connectivity index (χ1) is 12.4. The Kier molecular flexibility index (Phi) is 6.45. The predicted octanol–water partition coefficient (Wildman–Crippen LogP) is -6.54. The zero-order valence-electron chi connectivity index (χ0n) is 14.3. The van der Waals surface area contributed by atoms with E-state index in [0.29, 0.717) is 0 Å². The molecule has 0 saturated carbocycles. The summed E-state index contributed by atoms with van der Waals surface area (Å²) >= 11 is 0. The fourth-order valence-electron chi connectivity index (χ4n) is 3.33. The second kappa shape index (κ2) is 7.81. The van der Waals surface area contributed by atoms with Crippen LogP contribution in [0, 0.1) is 0 Å². The van der Waals surface area contributed by atoms with Gasteiger partial charge in [-0.05, 0) is 0 Å². The maximum atomic E-state index is 11.5. The Balaban J connectivity index is 2.55. The fourth-order valence-corrected chi connectivity index (χ4v) is 3.33. The van der Waals surface area contributed by atoms with Crippen LogP contribution in [0.15, 0.2) is 0 Å². The first-order valence-electron chi connectivity index (χ1n) is 8.14. The van der Waals surface area contributed by atoms with E-state index in [-0.39, 0.29) is 0 Å². The number of aliphatic hydroxyl groups is 9. The molecular formula is C14H25NO12. The Morgan fingerprint density at radius 1 is 0.852 bits per heavy atom. The van der Waals surface area contributed by atoms with Gasteiger partial charge in [-0.3, -0.25) is 4.79 Å². The highest BCUT2D eigenvalue weighted by Gasteiger charge is 2.71. The molecule has 10 atom stereocenters. The smallest absolute Gasteiger partial charge is 0.253 e. The molecule has 0 aliphatic carbocycles. The van der Waals surface area contributed by atoms with Crippen molar-refractivity contribution in [1.82, 2.24) is 5.32 Å². The molecule has 2 aliphatic heterocycles. The van der Waals surface area contributed by atoms with Gasteiger partial charge in [0.15, 0.2) is 0 Å². The van der Waals surface area contributed by atoms with Crippen molar-refractivity contribution in [3.05, 3.63) is 0 Å². The topological polar surface area (TPSA) is 230 Å². The van der Waals surface area contributed by atoms with Gasteiger partial charge in [0.1, 0.15) is 48.8 Å².